The number of nitrogens with one attached hydrogen (secondary N) is 1. The van der Waals surface area contributed by atoms with Gasteiger partial charge in [-0.1, -0.05) is 55.4 Å². The molecule has 8 heteroatoms. The first kappa shape index (κ1) is 21.6. The Balaban J connectivity index is 1.55. The van der Waals surface area contributed by atoms with Crippen LogP contribution in [0.2, 0.25) is 5.02 Å². The highest BCUT2D eigenvalue weighted by atomic mass is 35.5. The standard InChI is InChI=1S/C23H23ClN4O2S/c1-13(2)10-19-22(30)28-21(26-19)16-6-4-5-7-17(16)27-23(28)31-12-20(29)25-18-11-15(24)9-8-14(18)3/h4-9,11,13,19H,10,12H2,1-3H3,(H,25,29)/t19-/m0/s1. The van der Waals surface area contributed by atoms with Gasteiger partial charge in [-0.3, -0.25) is 14.6 Å². The number of thioether (sulfide) groups is 1. The normalized spacial score (nSPS) is 17.3. The maximum absolute atomic E-state index is 13.1. The van der Waals surface area contributed by atoms with Crippen molar-refractivity contribution in [2.24, 2.45) is 15.9 Å². The lowest BCUT2D eigenvalue weighted by molar-refractivity contribution is -0.125. The lowest BCUT2D eigenvalue weighted by Gasteiger charge is -2.25. The second-order valence-corrected chi connectivity index (χ2v) is 9.36. The molecule has 0 aromatic heterocycles. The van der Waals surface area contributed by atoms with Crippen LogP contribution in [0.3, 0.4) is 0 Å². The number of carbonyl (C=O) groups excluding carboxylic acids is 2. The number of fused-ring (bicyclic) bond motifs is 3. The Morgan fingerprint density at radius 2 is 2.03 bits per heavy atom. The fourth-order valence-corrected chi connectivity index (χ4v) is 4.52. The highest BCUT2D eigenvalue weighted by Crippen LogP contribution is 2.34. The Morgan fingerprint density at radius 1 is 1.26 bits per heavy atom. The van der Waals surface area contributed by atoms with Crippen LogP contribution < -0.4 is 5.32 Å². The van der Waals surface area contributed by atoms with Gasteiger partial charge in [0.25, 0.3) is 5.91 Å². The predicted octanol–water partition coefficient (Wildman–Crippen LogP) is 5.02. The van der Waals surface area contributed by atoms with E-state index in [9.17, 15) is 9.59 Å². The summed E-state index contributed by atoms with van der Waals surface area (Å²) in [4.78, 5) is 36.7. The van der Waals surface area contributed by atoms with Gasteiger partial charge in [0.05, 0.1) is 11.4 Å². The Hall–Kier alpha value is -2.64. The number of amidine groups is 2. The van der Waals surface area contributed by atoms with E-state index in [0.29, 0.717) is 34.1 Å². The van der Waals surface area contributed by atoms with Crippen LogP contribution in [0.4, 0.5) is 11.4 Å². The summed E-state index contributed by atoms with van der Waals surface area (Å²) >= 11 is 7.27. The van der Waals surface area contributed by atoms with Gasteiger partial charge in [0, 0.05) is 16.3 Å². The molecule has 1 atom stereocenters. The molecule has 0 saturated carbocycles. The Kier molecular flexibility index (Phi) is 6.16. The SMILES string of the molecule is Cc1ccc(Cl)cc1NC(=O)CSC1=Nc2ccccc2C2=N[C@@H](CC(C)C)C(=O)N12. The van der Waals surface area contributed by atoms with Crippen LogP contribution in [-0.4, -0.2) is 39.5 Å². The van der Waals surface area contributed by atoms with Crippen LogP contribution in [0.25, 0.3) is 0 Å². The van der Waals surface area contributed by atoms with E-state index in [1.54, 1.807) is 17.0 Å². The monoisotopic (exact) mass is 454 g/mol. The number of anilines is 1. The van der Waals surface area contributed by atoms with E-state index >= 15 is 0 Å². The molecule has 0 bridgehead atoms. The van der Waals surface area contributed by atoms with Crippen LogP contribution >= 0.6 is 23.4 Å². The van der Waals surface area contributed by atoms with Gasteiger partial charge < -0.3 is 5.32 Å². The van der Waals surface area contributed by atoms with Crippen LogP contribution in [-0.2, 0) is 9.59 Å². The molecule has 0 saturated heterocycles. The molecule has 6 nitrogen and oxygen atoms in total. The molecule has 2 aromatic rings. The first-order valence-corrected chi connectivity index (χ1v) is 11.5. The Morgan fingerprint density at radius 3 is 2.81 bits per heavy atom. The van der Waals surface area contributed by atoms with Crippen molar-refractivity contribution in [1.82, 2.24) is 4.90 Å². The summed E-state index contributed by atoms with van der Waals surface area (Å²) in [6, 6.07) is 12.6. The van der Waals surface area contributed by atoms with Crippen molar-refractivity contribution in [3.8, 4) is 0 Å². The third kappa shape index (κ3) is 4.52. The van der Waals surface area contributed by atoms with Crippen molar-refractivity contribution in [3.05, 3.63) is 58.6 Å². The highest BCUT2D eigenvalue weighted by Gasteiger charge is 2.41. The summed E-state index contributed by atoms with van der Waals surface area (Å²) in [6.45, 7) is 6.05. The van der Waals surface area contributed by atoms with Crippen LogP contribution in [0.5, 0.6) is 0 Å². The van der Waals surface area contributed by atoms with Gasteiger partial charge in [-0.2, -0.15) is 0 Å². The summed E-state index contributed by atoms with van der Waals surface area (Å²) in [5.41, 5.74) is 3.19. The molecule has 2 aliphatic rings. The van der Waals surface area contributed by atoms with E-state index in [0.717, 1.165) is 16.8 Å². The van der Waals surface area contributed by atoms with E-state index in [2.05, 4.69) is 24.2 Å². The quantitative estimate of drug-likeness (QED) is 0.688. The molecule has 0 unspecified atom stereocenters. The Labute approximate surface area is 190 Å². The van der Waals surface area contributed by atoms with Gasteiger partial charge in [0.1, 0.15) is 11.9 Å². The second kappa shape index (κ2) is 8.85. The highest BCUT2D eigenvalue weighted by molar-refractivity contribution is 8.14. The maximum atomic E-state index is 13.1. The molecule has 31 heavy (non-hydrogen) atoms. The number of carbonyl (C=O) groups is 2. The fourth-order valence-electron chi connectivity index (χ4n) is 3.54. The predicted molar refractivity (Wildman–Crippen MR) is 127 cm³/mol. The second-order valence-electron chi connectivity index (χ2n) is 7.98. The first-order chi connectivity index (χ1) is 14.8. The lowest BCUT2D eigenvalue weighted by Crippen LogP contribution is -2.41. The van der Waals surface area contributed by atoms with E-state index < -0.39 is 6.04 Å². The number of nitrogens with zero attached hydrogens (tertiary/aromatic N) is 3. The van der Waals surface area contributed by atoms with Gasteiger partial charge in [-0.25, -0.2) is 9.89 Å². The third-order valence-electron chi connectivity index (χ3n) is 5.05. The van der Waals surface area contributed by atoms with Crippen molar-refractivity contribution < 1.29 is 9.59 Å². The smallest absolute Gasteiger partial charge is 0.259 e. The zero-order chi connectivity index (χ0) is 22.1. The average molecular weight is 455 g/mol. The van der Waals surface area contributed by atoms with Crippen LogP contribution in [0.1, 0.15) is 31.4 Å². The minimum absolute atomic E-state index is 0.0875. The third-order valence-corrected chi connectivity index (χ3v) is 6.22. The number of aryl methyl sites for hydroxylation is 1. The number of para-hydroxylation sites is 1. The van der Waals surface area contributed by atoms with E-state index in [1.165, 1.54) is 11.8 Å². The molecular formula is C23H23ClN4O2S. The minimum Gasteiger partial charge on any atom is -0.325 e. The van der Waals surface area contributed by atoms with Gasteiger partial charge >= 0.3 is 0 Å². The topological polar surface area (TPSA) is 74.1 Å². The molecule has 0 aliphatic carbocycles. The van der Waals surface area contributed by atoms with Crippen LogP contribution in [0.15, 0.2) is 52.4 Å². The van der Waals surface area contributed by atoms with Gasteiger partial charge in [0.15, 0.2) is 5.17 Å². The van der Waals surface area contributed by atoms with Crippen molar-refractivity contribution in [2.45, 2.75) is 33.2 Å². The van der Waals surface area contributed by atoms with E-state index in [-0.39, 0.29) is 17.6 Å². The Bertz CT molecular complexity index is 1110. The molecule has 2 aromatic carbocycles. The summed E-state index contributed by atoms with van der Waals surface area (Å²) < 4.78 is 0. The number of amides is 2. The molecule has 4 rings (SSSR count). The van der Waals surface area contributed by atoms with Crippen molar-refractivity contribution in [1.29, 1.82) is 0 Å². The zero-order valence-corrected chi connectivity index (χ0v) is 19.1. The number of rotatable bonds is 5. The van der Waals surface area contributed by atoms with E-state index in [4.69, 9.17) is 16.6 Å². The van der Waals surface area contributed by atoms with Crippen molar-refractivity contribution in [2.75, 3.05) is 11.1 Å². The molecule has 160 valence electrons. The number of hydrogen-bond acceptors (Lipinski definition) is 5. The van der Waals surface area contributed by atoms with Crippen LogP contribution in [0, 0.1) is 12.8 Å². The van der Waals surface area contributed by atoms with Gasteiger partial charge in [-0.05, 0) is 49.1 Å². The van der Waals surface area contributed by atoms with Crippen molar-refractivity contribution in [3.63, 3.8) is 0 Å². The zero-order valence-electron chi connectivity index (χ0n) is 17.6. The molecular weight excluding hydrogens is 432 g/mol. The lowest BCUT2D eigenvalue weighted by atomic mass is 10.0. The van der Waals surface area contributed by atoms with E-state index in [1.807, 2.05) is 37.3 Å². The minimum atomic E-state index is -0.421. The largest absolute Gasteiger partial charge is 0.325 e. The molecule has 2 amide bonds. The first-order valence-electron chi connectivity index (χ1n) is 10.1. The van der Waals surface area contributed by atoms with Crippen molar-refractivity contribution >= 4 is 57.6 Å². The number of halogens is 1. The molecule has 2 aliphatic heterocycles. The summed E-state index contributed by atoms with van der Waals surface area (Å²) in [5, 5.41) is 3.92. The fraction of sp³-hybridized carbons (Fsp3) is 0.304. The molecule has 0 radical (unpaired) electrons. The molecule has 0 spiro atoms. The number of aliphatic imine (C=N–C) groups is 2. The summed E-state index contributed by atoms with van der Waals surface area (Å²) in [7, 11) is 0. The van der Waals surface area contributed by atoms with Gasteiger partial charge in [-0.15, -0.1) is 0 Å². The number of hydrogen-bond donors (Lipinski definition) is 1. The summed E-state index contributed by atoms with van der Waals surface area (Å²) in [5.74, 6) is 0.791. The molecule has 2 heterocycles. The maximum Gasteiger partial charge on any atom is 0.259 e. The average Bonchev–Trinajstić information content (AvgIpc) is 3.05. The number of benzene rings is 2. The molecule has 0 fully saturated rings. The van der Waals surface area contributed by atoms with Gasteiger partial charge in [0.2, 0.25) is 5.91 Å². The summed E-state index contributed by atoms with van der Waals surface area (Å²) in [6.07, 6.45) is 0.674. The molecule has 1 N–H and O–H groups in total.